The third-order valence-electron chi connectivity index (χ3n) is 7.21. The third kappa shape index (κ3) is 3.28. The smallest absolute Gasteiger partial charge is 0.255 e. The van der Waals surface area contributed by atoms with E-state index in [0.29, 0.717) is 31.1 Å². The normalized spacial score (nSPS) is 23.3. The Morgan fingerprint density at radius 2 is 1.94 bits per heavy atom. The van der Waals surface area contributed by atoms with Crippen molar-refractivity contribution in [2.75, 3.05) is 26.2 Å². The maximum absolute atomic E-state index is 13.2. The summed E-state index contributed by atoms with van der Waals surface area (Å²) in [5.74, 6) is 0.622. The van der Waals surface area contributed by atoms with Gasteiger partial charge in [-0.05, 0) is 62.5 Å². The molecule has 0 N–H and O–H groups in total. The summed E-state index contributed by atoms with van der Waals surface area (Å²) in [4.78, 5) is 30.8. The summed E-state index contributed by atoms with van der Waals surface area (Å²) >= 11 is 0. The fourth-order valence-electron chi connectivity index (χ4n) is 5.70. The number of rotatable bonds is 3. The molecule has 0 spiro atoms. The Morgan fingerprint density at radius 3 is 2.81 bits per heavy atom. The SMILES string of the molecule is O=C(c1ccn2nccc2c1)N1C[C@@H]2C[C@H](C1)c1ccc(CN3CCCC3)c(=O)n1C2. The molecule has 3 aromatic heterocycles. The van der Waals surface area contributed by atoms with Crippen molar-refractivity contribution in [1.29, 1.82) is 0 Å². The molecule has 3 aromatic rings. The monoisotopic (exact) mass is 417 g/mol. The first-order valence-corrected chi connectivity index (χ1v) is 11.3. The number of nitrogens with zero attached hydrogens (tertiary/aromatic N) is 5. The number of likely N-dealkylation sites (tertiary alicyclic amines) is 2. The summed E-state index contributed by atoms with van der Waals surface area (Å²) < 4.78 is 3.77. The van der Waals surface area contributed by atoms with E-state index < -0.39 is 0 Å². The highest BCUT2D eigenvalue weighted by atomic mass is 16.2. The highest BCUT2D eigenvalue weighted by molar-refractivity contribution is 5.95. The molecule has 0 unspecified atom stereocenters. The number of hydrogen-bond acceptors (Lipinski definition) is 4. The lowest BCUT2D eigenvalue weighted by Gasteiger charge is -2.43. The first kappa shape index (κ1) is 18.8. The van der Waals surface area contributed by atoms with E-state index in [1.165, 1.54) is 12.8 Å². The van der Waals surface area contributed by atoms with Crippen LogP contribution in [0.3, 0.4) is 0 Å². The van der Waals surface area contributed by atoms with Gasteiger partial charge in [-0.1, -0.05) is 6.07 Å². The van der Waals surface area contributed by atoms with E-state index in [4.69, 9.17) is 0 Å². The molecule has 6 heterocycles. The Morgan fingerprint density at radius 1 is 1.06 bits per heavy atom. The van der Waals surface area contributed by atoms with Crippen LogP contribution < -0.4 is 5.56 Å². The first-order valence-electron chi connectivity index (χ1n) is 11.3. The molecule has 0 aromatic carbocycles. The fourth-order valence-corrected chi connectivity index (χ4v) is 5.70. The molecule has 6 rings (SSSR count). The zero-order valence-corrected chi connectivity index (χ0v) is 17.6. The van der Waals surface area contributed by atoms with Gasteiger partial charge in [0.25, 0.3) is 11.5 Å². The van der Waals surface area contributed by atoms with Crippen molar-refractivity contribution in [2.45, 2.75) is 38.3 Å². The van der Waals surface area contributed by atoms with Gasteiger partial charge in [0.1, 0.15) is 0 Å². The molecule has 7 heteroatoms. The van der Waals surface area contributed by atoms with Crippen molar-refractivity contribution in [3.8, 4) is 0 Å². The summed E-state index contributed by atoms with van der Waals surface area (Å²) in [6, 6.07) is 9.82. The van der Waals surface area contributed by atoms with Gasteiger partial charge in [-0.15, -0.1) is 0 Å². The Bertz CT molecular complexity index is 1210. The van der Waals surface area contributed by atoms with Gasteiger partial charge in [0.15, 0.2) is 0 Å². The van der Waals surface area contributed by atoms with Crippen LogP contribution in [-0.2, 0) is 13.1 Å². The highest BCUT2D eigenvalue weighted by Crippen LogP contribution is 2.35. The minimum Gasteiger partial charge on any atom is -0.338 e. The lowest BCUT2D eigenvalue weighted by atomic mass is 9.82. The van der Waals surface area contributed by atoms with E-state index >= 15 is 0 Å². The van der Waals surface area contributed by atoms with Gasteiger partial charge >= 0.3 is 0 Å². The molecule has 2 bridgehead atoms. The molecule has 3 aliphatic rings. The van der Waals surface area contributed by atoms with Crippen LogP contribution in [0, 0.1) is 5.92 Å². The van der Waals surface area contributed by atoms with Gasteiger partial charge in [0.2, 0.25) is 0 Å². The number of carbonyl (C=O) groups is 1. The molecule has 0 radical (unpaired) electrons. The number of fused-ring (bicyclic) bond motifs is 5. The zero-order valence-electron chi connectivity index (χ0n) is 17.6. The van der Waals surface area contributed by atoms with Crippen molar-refractivity contribution in [1.82, 2.24) is 24.0 Å². The Kier molecular flexibility index (Phi) is 4.45. The summed E-state index contributed by atoms with van der Waals surface area (Å²) in [5.41, 5.74) is 3.80. The average Bonchev–Trinajstić information content (AvgIpc) is 3.46. The minimum absolute atomic E-state index is 0.0693. The van der Waals surface area contributed by atoms with E-state index in [9.17, 15) is 9.59 Å². The van der Waals surface area contributed by atoms with E-state index in [0.717, 1.165) is 42.8 Å². The van der Waals surface area contributed by atoms with Gasteiger partial charge < -0.3 is 9.47 Å². The number of carbonyl (C=O) groups excluding carboxylic acids is 1. The quantitative estimate of drug-likeness (QED) is 0.656. The zero-order chi connectivity index (χ0) is 20.9. The van der Waals surface area contributed by atoms with Gasteiger partial charge in [0.05, 0.1) is 5.52 Å². The van der Waals surface area contributed by atoms with Crippen LogP contribution >= 0.6 is 0 Å². The minimum atomic E-state index is 0.0693. The summed E-state index contributed by atoms with van der Waals surface area (Å²) in [7, 11) is 0. The van der Waals surface area contributed by atoms with Crippen molar-refractivity contribution in [3.05, 3.63) is 69.9 Å². The molecular weight excluding hydrogens is 390 g/mol. The maximum Gasteiger partial charge on any atom is 0.255 e. The van der Waals surface area contributed by atoms with Crippen LogP contribution in [0.5, 0.6) is 0 Å². The maximum atomic E-state index is 13.2. The Balaban J connectivity index is 1.25. The van der Waals surface area contributed by atoms with Crippen molar-refractivity contribution in [3.63, 3.8) is 0 Å². The number of amides is 1. The van der Waals surface area contributed by atoms with Gasteiger partial charge in [-0.25, -0.2) is 4.52 Å². The largest absolute Gasteiger partial charge is 0.338 e. The summed E-state index contributed by atoms with van der Waals surface area (Å²) in [6.45, 7) is 5.04. The van der Waals surface area contributed by atoms with Crippen LogP contribution in [0.25, 0.3) is 5.52 Å². The molecule has 160 valence electrons. The second kappa shape index (κ2) is 7.34. The predicted molar refractivity (Wildman–Crippen MR) is 117 cm³/mol. The molecule has 31 heavy (non-hydrogen) atoms. The van der Waals surface area contributed by atoms with Crippen LogP contribution in [-0.4, -0.2) is 56.1 Å². The Labute approximate surface area is 180 Å². The fraction of sp³-hybridized carbons (Fsp3) is 0.458. The summed E-state index contributed by atoms with van der Waals surface area (Å²) in [6.07, 6.45) is 7.09. The second-order valence-electron chi connectivity index (χ2n) is 9.31. The van der Waals surface area contributed by atoms with Crippen LogP contribution in [0.1, 0.15) is 46.8 Å². The van der Waals surface area contributed by atoms with Crippen LogP contribution in [0.4, 0.5) is 0 Å². The molecule has 0 saturated carbocycles. The number of pyridine rings is 2. The topological polar surface area (TPSA) is 62.9 Å². The van der Waals surface area contributed by atoms with Crippen molar-refractivity contribution in [2.24, 2.45) is 5.92 Å². The molecule has 2 atom stereocenters. The molecule has 2 fully saturated rings. The molecule has 2 saturated heterocycles. The molecule has 7 nitrogen and oxygen atoms in total. The lowest BCUT2D eigenvalue weighted by Crippen LogP contribution is -2.49. The number of aromatic nitrogens is 3. The van der Waals surface area contributed by atoms with E-state index in [1.807, 2.05) is 39.9 Å². The van der Waals surface area contributed by atoms with Crippen LogP contribution in [0.15, 0.2) is 47.5 Å². The number of hydrogen-bond donors (Lipinski definition) is 0. The van der Waals surface area contributed by atoms with E-state index in [1.54, 1.807) is 10.7 Å². The van der Waals surface area contributed by atoms with Crippen molar-refractivity contribution < 1.29 is 4.79 Å². The second-order valence-corrected chi connectivity index (χ2v) is 9.31. The van der Waals surface area contributed by atoms with E-state index in [2.05, 4.69) is 16.1 Å². The first-order chi connectivity index (χ1) is 15.2. The highest BCUT2D eigenvalue weighted by Gasteiger charge is 2.37. The molecule has 3 aliphatic heterocycles. The van der Waals surface area contributed by atoms with Gasteiger partial charge in [0, 0.05) is 61.3 Å². The third-order valence-corrected chi connectivity index (χ3v) is 7.21. The van der Waals surface area contributed by atoms with Gasteiger partial charge in [-0.2, -0.15) is 5.10 Å². The van der Waals surface area contributed by atoms with Gasteiger partial charge in [-0.3, -0.25) is 14.5 Å². The van der Waals surface area contributed by atoms with Crippen molar-refractivity contribution >= 4 is 11.4 Å². The molecular formula is C24H27N5O2. The standard InChI is InChI=1S/C24H27N5O2/c30-23(18-6-10-29-21(12-18)5-7-25-29)27-13-17-11-20(16-27)22-4-3-19(24(31)28(22)14-17)15-26-8-1-2-9-26/h3-7,10,12,17,20H,1-2,8-9,11,13-16H2/t17-,20+/m0/s1. The lowest BCUT2D eigenvalue weighted by molar-refractivity contribution is 0.0594. The number of piperidine rings is 1. The van der Waals surface area contributed by atoms with E-state index in [-0.39, 0.29) is 17.4 Å². The molecule has 0 aliphatic carbocycles. The molecule has 1 amide bonds. The Hall–Kier alpha value is -2.93. The predicted octanol–water partition coefficient (Wildman–Crippen LogP) is 2.35. The van der Waals surface area contributed by atoms with Crippen LogP contribution in [0.2, 0.25) is 0 Å². The average molecular weight is 418 g/mol. The summed E-state index contributed by atoms with van der Waals surface area (Å²) in [5, 5.41) is 4.21.